The van der Waals surface area contributed by atoms with Crippen LogP contribution in [0.25, 0.3) is 0 Å². The summed E-state index contributed by atoms with van der Waals surface area (Å²) in [6, 6.07) is 0.969. The molecule has 3 rings (SSSR count). The van der Waals surface area contributed by atoms with Crippen LogP contribution < -0.4 is 9.05 Å². The summed E-state index contributed by atoms with van der Waals surface area (Å²) >= 11 is 60.5. The van der Waals surface area contributed by atoms with Gasteiger partial charge in [0, 0.05) is 12.3 Å². The lowest BCUT2D eigenvalue weighted by molar-refractivity contribution is 0.525. The molecule has 0 amide bonds. The summed E-state index contributed by atoms with van der Waals surface area (Å²) in [5.41, 5.74) is 0. The van der Waals surface area contributed by atoms with Gasteiger partial charge in [-0.3, -0.25) is 0 Å². The molecular weight excluding hydrogens is 732 g/mol. The molecule has 0 fully saturated rings. The second kappa shape index (κ2) is 9.44. The lowest BCUT2D eigenvalue weighted by Crippen LogP contribution is -1.96. The van der Waals surface area contributed by atoms with Crippen molar-refractivity contribution in [3.05, 3.63) is 12.3 Å². The smallest absolute Gasteiger partial charge is 0.353 e. The summed E-state index contributed by atoms with van der Waals surface area (Å²) < 4.78 is 34.2. The van der Waals surface area contributed by atoms with Crippen molar-refractivity contribution in [1.29, 1.82) is 0 Å². The van der Waals surface area contributed by atoms with Gasteiger partial charge in [0.15, 0.2) is 0 Å². The third-order valence-corrected chi connectivity index (χ3v) is 26.1. The summed E-state index contributed by atoms with van der Waals surface area (Å²) in [6.07, 6.45) is 1.24. The van der Waals surface area contributed by atoms with Gasteiger partial charge in [0.1, 0.15) is 0 Å². The summed E-state index contributed by atoms with van der Waals surface area (Å²) in [5, 5.41) is 0. The van der Waals surface area contributed by atoms with Crippen LogP contribution in [0, 0.1) is 0 Å². The molecule has 170 valence electrons. The number of hydrogen-bond acceptors (Lipinski definition) is 10. The van der Waals surface area contributed by atoms with E-state index in [1.807, 2.05) is 0 Å². The zero-order valence-corrected chi connectivity index (χ0v) is 25.9. The quantitative estimate of drug-likeness (QED) is 0.286. The number of hydrogen-bond donors (Lipinski definition) is 0. The van der Waals surface area contributed by atoms with Crippen molar-refractivity contribution in [3.8, 4) is 11.9 Å². The standard InChI is InChI=1S/C4H2Cl10N8O2P6/c5-25(6)17-26(7,8)20-29(13,19-25)23-3-1-2-15-4(16-3)24-30(14)21-27(9,10)18-28(11,12)22-30/h1-2H. The SMILES string of the molecule is ClP1(Cl)=NP(Cl)(Cl)=N[P@](Cl)(Oc2ccnc(O[P@]3(Cl)=NP(Cl)(Cl)=NP(Cl)(Cl)=N3)n2)=N1. The Balaban J connectivity index is 1.96. The Morgan fingerprint density at radius 2 is 1.00 bits per heavy atom. The monoisotopic (exact) mass is 730 g/mol. The largest absolute Gasteiger partial charge is 0.412 e. The molecule has 0 aromatic carbocycles. The first-order chi connectivity index (χ1) is 13.4. The predicted molar refractivity (Wildman–Crippen MR) is 138 cm³/mol. The van der Waals surface area contributed by atoms with E-state index in [4.69, 9.17) is 121 Å². The van der Waals surface area contributed by atoms with Crippen molar-refractivity contribution in [2.24, 2.45) is 27.1 Å². The third-order valence-electron chi connectivity index (χ3n) is 2.32. The maximum Gasteiger partial charge on any atom is 0.353 e. The molecule has 0 spiro atoms. The molecule has 0 radical (unpaired) electrons. The van der Waals surface area contributed by atoms with Gasteiger partial charge in [-0.1, -0.05) is 0 Å². The van der Waals surface area contributed by atoms with E-state index < -0.39 is 37.2 Å². The van der Waals surface area contributed by atoms with E-state index in [0.717, 1.165) is 0 Å². The third kappa shape index (κ3) is 7.99. The fourth-order valence-corrected chi connectivity index (χ4v) is 34.5. The van der Waals surface area contributed by atoms with Gasteiger partial charge in [0.2, 0.25) is 5.88 Å². The van der Waals surface area contributed by atoms with Crippen LogP contribution in [0.15, 0.2) is 39.4 Å². The topological polar surface area (TPSA) is 118 Å². The zero-order chi connectivity index (χ0) is 22.6. The Bertz CT molecular complexity index is 1130. The second-order valence-electron chi connectivity index (χ2n) is 4.67. The molecule has 3 heterocycles. The van der Waals surface area contributed by atoms with E-state index in [9.17, 15) is 0 Å². The molecule has 0 saturated heterocycles. The molecule has 2 aliphatic rings. The van der Waals surface area contributed by atoms with Gasteiger partial charge in [-0.2, -0.15) is 32.1 Å². The van der Waals surface area contributed by atoms with E-state index in [-0.39, 0.29) is 11.9 Å². The second-order valence-corrected chi connectivity index (χ2v) is 30.9. The number of halogens is 10. The molecule has 1 aromatic heterocycles. The maximum atomic E-state index is 6.31. The lowest BCUT2D eigenvalue weighted by Gasteiger charge is -2.22. The van der Waals surface area contributed by atoms with E-state index in [1.54, 1.807) is 0 Å². The predicted octanol–water partition coefficient (Wildman–Crippen LogP) is 13.3. The normalized spacial score (nSPS) is 32.6. The molecular formula is C4H2Cl10N8O2P6. The highest BCUT2D eigenvalue weighted by atomic mass is 35.9. The van der Waals surface area contributed by atoms with Crippen LogP contribution in [-0.2, 0) is 0 Å². The van der Waals surface area contributed by atoms with Crippen molar-refractivity contribution in [3.63, 3.8) is 0 Å². The van der Waals surface area contributed by atoms with Gasteiger partial charge in [-0.05, 0) is 112 Å². The van der Waals surface area contributed by atoms with Gasteiger partial charge >= 0.3 is 19.6 Å². The van der Waals surface area contributed by atoms with Gasteiger partial charge in [0.25, 0.3) is 23.6 Å². The maximum absolute atomic E-state index is 6.31. The lowest BCUT2D eigenvalue weighted by atomic mass is 10.6. The molecule has 0 N–H and O–H groups in total. The average molecular weight is 734 g/mol. The van der Waals surface area contributed by atoms with Crippen LogP contribution in [0.3, 0.4) is 0 Å². The number of rotatable bonds is 4. The van der Waals surface area contributed by atoms with Crippen LogP contribution in [0.2, 0.25) is 0 Å². The van der Waals surface area contributed by atoms with Gasteiger partial charge in [-0.25, -0.2) is 4.98 Å². The Hall–Kier alpha value is 2.96. The highest BCUT2D eigenvalue weighted by Gasteiger charge is 2.36. The fraction of sp³-hybridized carbons (Fsp3) is 0. The first-order valence-electron chi connectivity index (χ1n) is 6.41. The zero-order valence-electron chi connectivity index (χ0n) is 13.0. The Kier molecular flexibility index (Phi) is 8.67. The molecule has 0 bridgehead atoms. The molecule has 0 unspecified atom stereocenters. The highest BCUT2D eigenvalue weighted by molar-refractivity contribution is 8.23. The Morgan fingerprint density at radius 3 is 1.47 bits per heavy atom. The van der Waals surface area contributed by atoms with Crippen LogP contribution in [0.1, 0.15) is 0 Å². The molecule has 26 heteroatoms. The number of nitrogens with zero attached hydrogens (tertiary/aromatic N) is 8. The summed E-state index contributed by atoms with van der Waals surface area (Å²) in [4.78, 5) is 7.86. The van der Waals surface area contributed by atoms with Gasteiger partial charge in [0.05, 0.1) is 0 Å². The Morgan fingerprint density at radius 1 is 0.567 bits per heavy atom. The van der Waals surface area contributed by atoms with Gasteiger partial charge < -0.3 is 9.05 Å². The van der Waals surface area contributed by atoms with Crippen LogP contribution in [-0.4, -0.2) is 9.97 Å². The average Bonchev–Trinajstić information content (AvgIpc) is 2.37. The number of aromatic nitrogens is 2. The Labute approximate surface area is 217 Å². The molecule has 2 atom stereocenters. The minimum Gasteiger partial charge on any atom is -0.412 e. The summed E-state index contributed by atoms with van der Waals surface area (Å²) in [7, 11) is 0. The first kappa shape index (κ1) is 27.5. The molecule has 0 saturated carbocycles. The van der Waals surface area contributed by atoms with E-state index in [0.29, 0.717) is 0 Å². The molecule has 2 aliphatic heterocycles. The first-order valence-corrected chi connectivity index (χ1v) is 25.5. The van der Waals surface area contributed by atoms with E-state index >= 15 is 0 Å². The van der Waals surface area contributed by atoms with Gasteiger partial charge in [-0.15, -0.1) is 0 Å². The van der Waals surface area contributed by atoms with Crippen LogP contribution in [0.4, 0.5) is 0 Å². The van der Waals surface area contributed by atoms with E-state index in [2.05, 4.69) is 37.1 Å². The molecule has 0 aliphatic carbocycles. The summed E-state index contributed by atoms with van der Waals surface area (Å²) in [5.74, 6) is -13.4. The molecule has 30 heavy (non-hydrogen) atoms. The fourth-order valence-electron chi connectivity index (χ4n) is 1.61. The molecule has 10 nitrogen and oxygen atoms in total. The van der Waals surface area contributed by atoms with Crippen molar-refractivity contribution in [1.82, 2.24) is 9.97 Å². The summed E-state index contributed by atoms with van der Waals surface area (Å²) in [6.45, 7) is -7.14. The van der Waals surface area contributed by atoms with Crippen molar-refractivity contribution < 1.29 is 9.05 Å². The van der Waals surface area contributed by atoms with Crippen LogP contribution >= 0.6 is 150 Å². The van der Waals surface area contributed by atoms with Crippen molar-refractivity contribution >= 4 is 150 Å². The highest BCUT2D eigenvalue weighted by Crippen LogP contribution is 2.87. The van der Waals surface area contributed by atoms with Crippen LogP contribution in [0.5, 0.6) is 11.9 Å². The minimum absolute atomic E-state index is 0.153. The minimum atomic E-state index is -3.59. The molecule has 1 aromatic rings. The van der Waals surface area contributed by atoms with Crippen molar-refractivity contribution in [2.45, 2.75) is 0 Å². The van der Waals surface area contributed by atoms with Crippen molar-refractivity contribution in [2.75, 3.05) is 0 Å². The van der Waals surface area contributed by atoms with E-state index in [1.165, 1.54) is 12.3 Å².